The zero-order valence-electron chi connectivity index (χ0n) is 8.72. The van der Waals surface area contributed by atoms with Gasteiger partial charge in [0.1, 0.15) is 5.82 Å². The van der Waals surface area contributed by atoms with Crippen LogP contribution in [0.25, 0.3) is 0 Å². The molecule has 1 saturated heterocycles. The largest absolute Gasteiger partial charge is 0.307 e. The summed E-state index contributed by atoms with van der Waals surface area (Å²) < 4.78 is 13.3. The molecule has 0 spiro atoms. The molecule has 1 aliphatic rings. The van der Waals surface area contributed by atoms with Gasteiger partial charge in [-0.15, -0.1) is 0 Å². The van der Waals surface area contributed by atoms with Crippen molar-refractivity contribution in [1.82, 2.24) is 5.32 Å². The summed E-state index contributed by atoms with van der Waals surface area (Å²) >= 11 is 0. The molecule has 0 aromatic heterocycles. The molecule has 1 aromatic carbocycles. The van der Waals surface area contributed by atoms with Gasteiger partial charge in [-0.1, -0.05) is 12.1 Å². The lowest BCUT2D eigenvalue weighted by atomic mass is 9.98. The zero-order chi connectivity index (χ0) is 10.8. The molecule has 2 rings (SSSR count). The topological polar surface area (TPSA) is 29.1 Å². The van der Waals surface area contributed by atoms with Gasteiger partial charge in [-0.2, -0.15) is 0 Å². The highest BCUT2D eigenvalue weighted by atomic mass is 19.1. The molecule has 0 aliphatic carbocycles. The Morgan fingerprint density at radius 2 is 2.33 bits per heavy atom. The van der Waals surface area contributed by atoms with Gasteiger partial charge >= 0.3 is 0 Å². The van der Waals surface area contributed by atoms with Crippen molar-refractivity contribution in [2.75, 3.05) is 6.54 Å². The van der Waals surface area contributed by atoms with Crippen LogP contribution in [-0.2, 0) is 0 Å². The molecule has 0 radical (unpaired) electrons. The minimum Gasteiger partial charge on any atom is -0.307 e. The molecule has 0 amide bonds. The van der Waals surface area contributed by atoms with Gasteiger partial charge < -0.3 is 5.32 Å². The zero-order valence-corrected chi connectivity index (χ0v) is 8.72. The van der Waals surface area contributed by atoms with Crippen molar-refractivity contribution in [2.24, 2.45) is 0 Å². The van der Waals surface area contributed by atoms with Crippen LogP contribution >= 0.6 is 0 Å². The highest BCUT2D eigenvalue weighted by molar-refractivity contribution is 6.01. The van der Waals surface area contributed by atoms with Crippen molar-refractivity contribution in [3.63, 3.8) is 0 Å². The number of rotatable bonds is 2. The Morgan fingerprint density at radius 1 is 1.53 bits per heavy atom. The Morgan fingerprint density at radius 3 is 3.00 bits per heavy atom. The molecule has 1 aromatic rings. The highest BCUT2D eigenvalue weighted by Gasteiger charge is 2.24. The van der Waals surface area contributed by atoms with Crippen molar-refractivity contribution < 1.29 is 9.18 Å². The molecule has 1 atom stereocenters. The van der Waals surface area contributed by atoms with E-state index in [1.165, 1.54) is 6.07 Å². The molecule has 1 unspecified atom stereocenters. The Kier molecular flexibility index (Phi) is 2.82. The minimum absolute atomic E-state index is 0.0181. The normalized spacial score (nSPS) is 20.5. The minimum atomic E-state index is -0.307. The van der Waals surface area contributed by atoms with Gasteiger partial charge in [0.05, 0.1) is 6.04 Å². The van der Waals surface area contributed by atoms with Gasteiger partial charge in [-0.05, 0) is 37.9 Å². The third-order valence-corrected chi connectivity index (χ3v) is 2.91. The third kappa shape index (κ3) is 1.92. The average molecular weight is 207 g/mol. The van der Waals surface area contributed by atoms with Crippen molar-refractivity contribution in [3.05, 3.63) is 35.1 Å². The maximum atomic E-state index is 13.3. The standard InChI is InChI=1S/C12H14FNO/c1-8-9(4-2-5-10(8)13)12(15)11-6-3-7-14-11/h2,4-5,11,14H,3,6-7H2,1H3. The van der Waals surface area contributed by atoms with E-state index in [2.05, 4.69) is 5.32 Å². The second-order valence-electron chi connectivity index (χ2n) is 3.93. The van der Waals surface area contributed by atoms with E-state index in [4.69, 9.17) is 0 Å². The smallest absolute Gasteiger partial charge is 0.180 e. The number of nitrogens with one attached hydrogen (secondary N) is 1. The predicted octanol–water partition coefficient (Wildman–Crippen LogP) is 2.07. The first-order chi connectivity index (χ1) is 7.20. The van der Waals surface area contributed by atoms with Crippen LogP contribution in [0.2, 0.25) is 0 Å². The number of carbonyl (C=O) groups excluding carboxylic acids is 1. The fourth-order valence-electron chi connectivity index (χ4n) is 1.97. The van der Waals surface area contributed by atoms with Crippen molar-refractivity contribution in [3.8, 4) is 0 Å². The first kappa shape index (κ1) is 10.3. The summed E-state index contributed by atoms with van der Waals surface area (Å²) in [4.78, 5) is 12.0. The first-order valence-electron chi connectivity index (χ1n) is 5.23. The van der Waals surface area contributed by atoms with E-state index < -0.39 is 0 Å². The predicted molar refractivity (Wildman–Crippen MR) is 56.5 cm³/mol. The van der Waals surface area contributed by atoms with Crippen LogP contribution in [0.3, 0.4) is 0 Å². The molecule has 15 heavy (non-hydrogen) atoms. The van der Waals surface area contributed by atoms with E-state index in [0.717, 1.165) is 19.4 Å². The fourth-order valence-corrected chi connectivity index (χ4v) is 1.97. The number of hydrogen-bond acceptors (Lipinski definition) is 2. The SMILES string of the molecule is Cc1c(F)cccc1C(=O)C1CCCN1. The molecule has 3 heteroatoms. The molecule has 1 heterocycles. The fraction of sp³-hybridized carbons (Fsp3) is 0.417. The van der Waals surface area contributed by atoms with E-state index in [9.17, 15) is 9.18 Å². The van der Waals surface area contributed by atoms with Crippen LogP contribution in [0.5, 0.6) is 0 Å². The van der Waals surface area contributed by atoms with Gasteiger partial charge in [0.2, 0.25) is 0 Å². The van der Waals surface area contributed by atoms with Crippen LogP contribution in [0.15, 0.2) is 18.2 Å². The summed E-state index contributed by atoms with van der Waals surface area (Å²) in [6, 6.07) is 4.55. The number of halogens is 1. The Balaban J connectivity index is 2.28. The molecular weight excluding hydrogens is 193 g/mol. The van der Waals surface area contributed by atoms with E-state index >= 15 is 0 Å². The van der Waals surface area contributed by atoms with E-state index in [-0.39, 0.29) is 17.6 Å². The second kappa shape index (κ2) is 4.11. The number of hydrogen-bond donors (Lipinski definition) is 1. The number of carbonyl (C=O) groups is 1. The van der Waals surface area contributed by atoms with Gasteiger partial charge in [0.25, 0.3) is 0 Å². The molecule has 2 nitrogen and oxygen atoms in total. The van der Waals surface area contributed by atoms with Gasteiger partial charge in [0, 0.05) is 5.56 Å². The summed E-state index contributed by atoms with van der Waals surface area (Å²) in [6.45, 7) is 2.53. The summed E-state index contributed by atoms with van der Waals surface area (Å²) in [5, 5.41) is 3.13. The van der Waals surface area contributed by atoms with Crippen LogP contribution in [0.1, 0.15) is 28.8 Å². The van der Waals surface area contributed by atoms with Crippen molar-refractivity contribution >= 4 is 5.78 Å². The Hall–Kier alpha value is -1.22. The van der Waals surface area contributed by atoms with Crippen molar-refractivity contribution in [2.45, 2.75) is 25.8 Å². The van der Waals surface area contributed by atoms with Gasteiger partial charge in [-0.3, -0.25) is 4.79 Å². The second-order valence-corrected chi connectivity index (χ2v) is 3.93. The maximum absolute atomic E-state index is 13.3. The molecule has 80 valence electrons. The number of benzene rings is 1. The van der Waals surface area contributed by atoms with Crippen LogP contribution in [0, 0.1) is 12.7 Å². The average Bonchev–Trinajstić information content (AvgIpc) is 2.74. The molecule has 0 saturated carbocycles. The van der Waals surface area contributed by atoms with Gasteiger partial charge in [0.15, 0.2) is 5.78 Å². The number of ketones is 1. The van der Waals surface area contributed by atoms with E-state index in [1.807, 2.05) is 0 Å². The summed E-state index contributed by atoms with van der Waals surface area (Å²) in [5.74, 6) is -0.289. The Labute approximate surface area is 88.5 Å². The molecular formula is C12H14FNO. The quantitative estimate of drug-likeness (QED) is 0.752. The highest BCUT2D eigenvalue weighted by Crippen LogP contribution is 2.17. The van der Waals surface area contributed by atoms with E-state index in [0.29, 0.717) is 11.1 Å². The van der Waals surface area contributed by atoms with Crippen molar-refractivity contribution in [1.29, 1.82) is 0 Å². The lowest BCUT2D eigenvalue weighted by Crippen LogP contribution is -2.31. The van der Waals surface area contributed by atoms with Crippen LogP contribution in [0.4, 0.5) is 4.39 Å². The summed E-state index contributed by atoms with van der Waals surface area (Å²) in [6.07, 6.45) is 1.87. The molecule has 1 aliphatic heterocycles. The van der Waals surface area contributed by atoms with E-state index in [1.54, 1.807) is 19.1 Å². The molecule has 0 bridgehead atoms. The third-order valence-electron chi connectivity index (χ3n) is 2.91. The van der Waals surface area contributed by atoms with Crippen LogP contribution in [-0.4, -0.2) is 18.4 Å². The maximum Gasteiger partial charge on any atom is 0.180 e. The monoisotopic (exact) mass is 207 g/mol. The molecule has 1 fully saturated rings. The molecule has 1 N–H and O–H groups in total. The lowest BCUT2D eigenvalue weighted by Gasteiger charge is -2.11. The summed E-state index contributed by atoms with van der Waals surface area (Å²) in [7, 11) is 0. The van der Waals surface area contributed by atoms with Gasteiger partial charge in [-0.25, -0.2) is 4.39 Å². The first-order valence-corrected chi connectivity index (χ1v) is 5.23. The lowest BCUT2D eigenvalue weighted by molar-refractivity contribution is 0.0951. The Bertz CT molecular complexity index is 383. The van der Waals surface area contributed by atoms with Crippen LogP contribution < -0.4 is 5.32 Å². The summed E-state index contributed by atoms with van der Waals surface area (Å²) in [5.41, 5.74) is 0.964. The number of Topliss-reactive ketones (excluding diaryl/α,β-unsaturated/α-hetero) is 1.